The lowest BCUT2D eigenvalue weighted by Gasteiger charge is -2.18. The van der Waals surface area contributed by atoms with Gasteiger partial charge < -0.3 is 9.88 Å². The Morgan fingerprint density at radius 3 is 2.57 bits per heavy atom. The topological polar surface area (TPSA) is 46.9 Å². The standard InChI is InChI=1S/C24H26ClN3OS/c1-16-7-12-20(13-17(16)2)27-23(29)15-30-24-26-14-22(18-8-10-19(25)11-9-18)28(24)21-5-3-4-6-21/h7-14,21H,3-6,15H2,1-2H3,(H,27,29). The summed E-state index contributed by atoms with van der Waals surface area (Å²) in [6.07, 6.45) is 6.70. The number of hydrogen-bond donors (Lipinski definition) is 1. The van der Waals surface area contributed by atoms with E-state index in [1.54, 1.807) is 0 Å². The summed E-state index contributed by atoms with van der Waals surface area (Å²) in [6, 6.07) is 14.3. The molecule has 0 spiro atoms. The third-order valence-electron chi connectivity index (χ3n) is 5.72. The molecule has 2 aromatic carbocycles. The van der Waals surface area contributed by atoms with Crippen molar-refractivity contribution in [2.24, 2.45) is 0 Å². The van der Waals surface area contributed by atoms with Gasteiger partial charge in [0, 0.05) is 16.8 Å². The lowest BCUT2D eigenvalue weighted by molar-refractivity contribution is -0.113. The highest BCUT2D eigenvalue weighted by Crippen LogP contribution is 2.37. The maximum atomic E-state index is 12.5. The highest BCUT2D eigenvalue weighted by Gasteiger charge is 2.24. The fourth-order valence-corrected chi connectivity index (χ4v) is 4.92. The van der Waals surface area contributed by atoms with Crippen LogP contribution in [0.4, 0.5) is 5.69 Å². The predicted octanol–water partition coefficient (Wildman–Crippen LogP) is 6.67. The molecule has 4 nitrogen and oxygen atoms in total. The summed E-state index contributed by atoms with van der Waals surface area (Å²) in [5.41, 5.74) is 5.42. The fourth-order valence-electron chi connectivity index (χ4n) is 3.95. The van der Waals surface area contributed by atoms with Gasteiger partial charge in [-0.2, -0.15) is 0 Å². The van der Waals surface area contributed by atoms with Crippen LogP contribution in [0.5, 0.6) is 0 Å². The molecule has 156 valence electrons. The number of carbonyl (C=O) groups is 1. The number of rotatable bonds is 6. The molecule has 0 radical (unpaired) electrons. The van der Waals surface area contributed by atoms with E-state index < -0.39 is 0 Å². The Balaban J connectivity index is 1.51. The molecule has 1 heterocycles. The molecule has 1 N–H and O–H groups in total. The molecule has 4 rings (SSSR count). The number of nitrogens with zero attached hydrogens (tertiary/aromatic N) is 2. The Bertz CT molecular complexity index is 1040. The van der Waals surface area contributed by atoms with E-state index in [0.717, 1.165) is 40.0 Å². The number of nitrogens with one attached hydrogen (secondary N) is 1. The zero-order valence-corrected chi connectivity index (χ0v) is 18.9. The van der Waals surface area contributed by atoms with Crippen LogP contribution in [-0.4, -0.2) is 21.2 Å². The molecule has 0 unspecified atom stereocenters. The second-order valence-corrected chi connectivity index (χ2v) is 9.26. The molecule has 0 saturated heterocycles. The van der Waals surface area contributed by atoms with Gasteiger partial charge in [0.2, 0.25) is 5.91 Å². The molecule has 1 saturated carbocycles. The van der Waals surface area contributed by atoms with Crippen molar-refractivity contribution in [3.8, 4) is 11.3 Å². The highest BCUT2D eigenvalue weighted by atomic mass is 35.5. The van der Waals surface area contributed by atoms with Gasteiger partial charge in [-0.3, -0.25) is 4.79 Å². The largest absolute Gasteiger partial charge is 0.325 e. The first-order valence-electron chi connectivity index (χ1n) is 10.3. The van der Waals surface area contributed by atoms with E-state index in [2.05, 4.69) is 28.7 Å². The van der Waals surface area contributed by atoms with Gasteiger partial charge in [-0.15, -0.1) is 0 Å². The van der Waals surface area contributed by atoms with Gasteiger partial charge in [-0.25, -0.2) is 4.98 Å². The van der Waals surface area contributed by atoms with Crippen LogP contribution in [0.3, 0.4) is 0 Å². The normalized spacial score (nSPS) is 14.2. The first kappa shape index (κ1) is 21.0. The van der Waals surface area contributed by atoms with E-state index in [4.69, 9.17) is 11.6 Å². The molecule has 3 aromatic rings. The summed E-state index contributed by atoms with van der Waals surface area (Å²) >= 11 is 7.57. The first-order valence-corrected chi connectivity index (χ1v) is 11.7. The molecular weight excluding hydrogens is 414 g/mol. The monoisotopic (exact) mass is 439 g/mol. The number of aryl methyl sites for hydroxylation is 2. The minimum absolute atomic E-state index is 0.0164. The molecular formula is C24H26ClN3OS. The number of hydrogen-bond acceptors (Lipinski definition) is 3. The van der Waals surface area contributed by atoms with Crippen LogP contribution in [0.2, 0.25) is 5.02 Å². The maximum absolute atomic E-state index is 12.5. The Hall–Kier alpha value is -2.24. The zero-order valence-electron chi connectivity index (χ0n) is 17.3. The van der Waals surface area contributed by atoms with Crippen LogP contribution >= 0.6 is 23.4 Å². The number of carbonyl (C=O) groups excluding carboxylic acids is 1. The van der Waals surface area contributed by atoms with Crippen LogP contribution in [0.25, 0.3) is 11.3 Å². The number of aromatic nitrogens is 2. The van der Waals surface area contributed by atoms with Crippen LogP contribution in [-0.2, 0) is 4.79 Å². The van der Waals surface area contributed by atoms with Crippen molar-refractivity contribution in [1.29, 1.82) is 0 Å². The molecule has 0 bridgehead atoms. The van der Waals surface area contributed by atoms with Gasteiger partial charge in [0.15, 0.2) is 5.16 Å². The summed E-state index contributed by atoms with van der Waals surface area (Å²) in [4.78, 5) is 17.2. The van der Waals surface area contributed by atoms with Gasteiger partial charge in [-0.1, -0.05) is 54.4 Å². The van der Waals surface area contributed by atoms with Crippen molar-refractivity contribution in [2.75, 3.05) is 11.1 Å². The number of thioether (sulfide) groups is 1. The van der Waals surface area contributed by atoms with Crippen molar-refractivity contribution < 1.29 is 4.79 Å². The van der Waals surface area contributed by atoms with Crippen molar-refractivity contribution in [1.82, 2.24) is 9.55 Å². The van der Waals surface area contributed by atoms with Crippen molar-refractivity contribution >= 4 is 35.0 Å². The molecule has 0 atom stereocenters. The van der Waals surface area contributed by atoms with Gasteiger partial charge in [0.1, 0.15) is 0 Å². The number of amides is 1. The Labute approximate surface area is 187 Å². The number of benzene rings is 2. The van der Waals surface area contributed by atoms with Gasteiger partial charge in [-0.05, 0) is 67.6 Å². The maximum Gasteiger partial charge on any atom is 0.234 e. The van der Waals surface area contributed by atoms with E-state index in [9.17, 15) is 4.79 Å². The second-order valence-electron chi connectivity index (χ2n) is 7.88. The summed E-state index contributed by atoms with van der Waals surface area (Å²) in [5.74, 6) is 0.314. The summed E-state index contributed by atoms with van der Waals surface area (Å²) in [6.45, 7) is 4.12. The number of anilines is 1. The second kappa shape index (κ2) is 9.27. The average Bonchev–Trinajstić information content (AvgIpc) is 3.39. The van der Waals surface area contributed by atoms with Gasteiger partial charge in [0.05, 0.1) is 17.6 Å². The smallest absolute Gasteiger partial charge is 0.234 e. The van der Waals surface area contributed by atoms with E-state index in [1.807, 2.05) is 48.7 Å². The average molecular weight is 440 g/mol. The summed E-state index contributed by atoms with van der Waals surface area (Å²) < 4.78 is 2.32. The minimum Gasteiger partial charge on any atom is -0.325 e. The molecule has 1 aliphatic rings. The van der Waals surface area contributed by atoms with Gasteiger partial charge in [0.25, 0.3) is 0 Å². The Morgan fingerprint density at radius 1 is 1.13 bits per heavy atom. The third kappa shape index (κ3) is 4.73. The Morgan fingerprint density at radius 2 is 1.87 bits per heavy atom. The molecule has 1 aromatic heterocycles. The first-order chi connectivity index (χ1) is 14.5. The third-order valence-corrected chi connectivity index (χ3v) is 6.93. The van der Waals surface area contributed by atoms with Crippen LogP contribution in [0.15, 0.2) is 53.8 Å². The van der Waals surface area contributed by atoms with Crippen LogP contribution in [0, 0.1) is 13.8 Å². The van der Waals surface area contributed by atoms with Crippen molar-refractivity contribution in [2.45, 2.75) is 50.7 Å². The van der Waals surface area contributed by atoms with Crippen molar-refractivity contribution in [3.63, 3.8) is 0 Å². The lowest BCUT2D eigenvalue weighted by atomic mass is 10.1. The van der Waals surface area contributed by atoms with Crippen LogP contribution in [0.1, 0.15) is 42.9 Å². The highest BCUT2D eigenvalue weighted by molar-refractivity contribution is 7.99. The van der Waals surface area contributed by atoms with Crippen LogP contribution < -0.4 is 5.32 Å². The van der Waals surface area contributed by atoms with Gasteiger partial charge >= 0.3 is 0 Å². The summed E-state index contributed by atoms with van der Waals surface area (Å²) in [5, 5.41) is 4.63. The fraction of sp³-hybridized carbons (Fsp3) is 0.333. The molecule has 6 heteroatoms. The Kier molecular flexibility index (Phi) is 6.49. The van der Waals surface area contributed by atoms with E-state index in [0.29, 0.717) is 11.8 Å². The van der Waals surface area contributed by atoms with Crippen molar-refractivity contribution in [3.05, 3.63) is 64.8 Å². The SMILES string of the molecule is Cc1ccc(NC(=O)CSc2ncc(-c3ccc(Cl)cc3)n2C2CCCC2)cc1C. The predicted molar refractivity (Wildman–Crippen MR) is 125 cm³/mol. The van der Waals surface area contributed by atoms with E-state index in [1.165, 1.54) is 35.7 Å². The van der Waals surface area contributed by atoms with E-state index in [-0.39, 0.29) is 5.91 Å². The lowest BCUT2D eigenvalue weighted by Crippen LogP contribution is -2.15. The number of halogens is 1. The minimum atomic E-state index is -0.0164. The molecule has 1 fully saturated rings. The molecule has 30 heavy (non-hydrogen) atoms. The summed E-state index contributed by atoms with van der Waals surface area (Å²) in [7, 11) is 0. The van der Waals surface area contributed by atoms with E-state index >= 15 is 0 Å². The molecule has 1 aliphatic carbocycles. The molecule has 0 aliphatic heterocycles. The number of imidazole rings is 1. The zero-order chi connectivity index (χ0) is 21.1. The molecule has 1 amide bonds. The quantitative estimate of drug-likeness (QED) is 0.436.